The van der Waals surface area contributed by atoms with Crippen LogP contribution in [0.15, 0.2) is 36.9 Å². The van der Waals surface area contributed by atoms with Crippen molar-refractivity contribution in [3.63, 3.8) is 0 Å². The topological polar surface area (TPSA) is 113 Å². The minimum atomic E-state index is -0.751. The number of fused-ring (bicyclic) bond motifs is 1. The zero-order valence-corrected chi connectivity index (χ0v) is 13.1. The van der Waals surface area contributed by atoms with Gasteiger partial charge in [-0.25, -0.2) is 15.0 Å². The van der Waals surface area contributed by atoms with Crippen molar-refractivity contribution in [3.05, 3.63) is 42.5 Å². The number of hydrogen-bond donors (Lipinski definition) is 3. The van der Waals surface area contributed by atoms with E-state index in [-0.39, 0.29) is 18.9 Å². The van der Waals surface area contributed by atoms with Crippen LogP contribution in [0, 0.1) is 0 Å². The Hall–Kier alpha value is -3.00. The van der Waals surface area contributed by atoms with E-state index in [1.165, 1.54) is 19.6 Å². The number of ether oxygens (including phenoxy) is 1. The Labute approximate surface area is 137 Å². The maximum atomic E-state index is 11.3. The molecule has 8 heteroatoms. The normalized spacial score (nSPS) is 12.1. The summed E-state index contributed by atoms with van der Waals surface area (Å²) in [4.78, 5) is 26.5. The van der Waals surface area contributed by atoms with Crippen LogP contribution in [0.25, 0.3) is 11.2 Å². The summed E-state index contributed by atoms with van der Waals surface area (Å²) < 4.78 is 5.52. The van der Waals surface area contributed by atoms with Gasteiger partial charge in [0.1, 0.15) is 30.3 Å². The fourth-order valence-corrected chi connectivity index (χ4v) is 2.17. The van der Waals surface area contributed by atoms with Crippen LogP contribution in [0.5, 0.6) is 5.75 Å². The van der Waals surface area contributed by atoms with Crippen molar-refractivity contribution >= 4 is 22.8 Å². The lowest BCUT2D eigenvalue weighted by atomic mass is 10.1. The highest BCUT2D eigenvalue weighted by molar-refractivity contribution is 5.94. The number of anilines is 1. The summed E-state index contributed by atoms with van der Waals surface area (Å²) in [7, 11) is 0. The van der Waals surface area contributed by atoms with Gasteiger partial charge in [-0.1, -0.05) is 12.1 Å². The van der Waals surface area contributed by atoms with Crippen molar-refractivity contribution < 1.29 is 14.6 Å². The van der Waals surface area contributed by atoms with Crippen molar-refractivity contribution in [2.45, 2.75) is 13.0 Å². The number of imidazole rings is 1. The largest absolute Gasteiger partial charge is 0.491 e. The van der Waals surface area contributed by atoms with Gasteiger partial charge in [0, 0.05) is 12.1 Å². The SMILES string of the molecule is CC(=O)c1cccc(OCC(O)CNc2ncnc3nc[nH]c23)c1. The lowest BCUT2D eigenvalue weighted by Gasteiger charge is -2.14. The second-order valence-electron chi connectivity index (χ2n) is 5.25. The Balaban J connectivity index is 1.54. The van der Waals surface area contributed by atoms with Crippen molar-refractivity contribution in [1.29, 1.82) is 0 Å². The Morgan fingerprint density at radius 3 is 3.08 bits per heavy atom. The number of benzene rings is 1. The van der Waals surface area contributed by atoms with Crippen LogP contribution in [-0.4, -0.2) is 50.1 Å². The number of Topliss-reactive ketones (excluding diaryl/α,β-unsaturated/α-hetero) is 1. The van der Waals surface area contributed by atoms with Crippen LogP contribution in [0.1, 0.15) is 17.3 Å². The number of carbonyl (C=O) groups excluding carboxylic acids is 1. The number of H-pyrrole nitrogens is 1. The first-order chi connectivity index (χ1) is 11.6. The smallest absolute Gasteiger partial charge is 0.182 e. The van der Waals surface area contributed by atoms with Gasteiger partial charge in [0.2, 0.25) is 0 Å². The number of aliphatic hydroxyl groups is 1. The summed E-state index contributed by atoms with van der Waals surface area (Å²) in [5, 5.41) is 13.1. The standard InChI is InChI=1S/C16H17N5O3/c1-10(22)11-3-2-4-13(5-11)24-7-12(23)6-17-15-14-16(19-8-18-14)21-9-20-15/h2-5,8-9,12,23H,6-7H2,1H3,(H2,17,18,19,20,21). The Kier molecular flexibility index (Phi) is 4.66. The summed E-state index contributed by atoms with van der Waals surface area (Å²) in [5.41, 5.74) is 1.81. The van der Waals surface area contributed by atoms with Crippen LogP contribution in [0.2, 0.25) is 0 Å². The van der Waals surface area contributed by atoms with Crippen LogP contribution >= 0.6 is 0 Å². The number of carbonyl (C=O) groups is 1. The van der Waals surface area contributed by atoms with Gasteiger partial charge >= 0.3 is 0 Å². The zero-order chi connectivity index (χ0) is 16.9. The molecule has 0 fully saturated rings. The maximum Gasteiger partial charge on any atom is 0.182 e. The number of nitrogens with one attached hydrogen (secondary N) is 2. The molecule has 0 aliphatic carbocycles. The third-order valence-corrected chi connectivity index (χ3v) is 3.41. The molecule has 2 heterocycles. The number of rotatable bonds is 7. The second kappa shape index (κ2) is 7.05. The first-order valence-electron chi connectivity index (χ1n) is 7.43. The van der Waals surface area contributed by atoms with Crippen LogP contribution in [0.4, 0.5) is 5.82 Å². The first-order valence-corrected chi connectivity index (χ1v) is 7.43. The molecule has 0 bridgehead atoms. The molecule has 0 amide bonds. The summed E-state index contributed by atoms with van der Waals surface area (Å²) in [5.74, 6) is 1.07. The predicted molar refractivity (Wildman–Crippen MR) is 88.1 cm³/mol. The van der Waals surface area contributed by atoms with Gasteiger partial charge < -0.3 is 20.1 Å². The monoisotopic (exact) mass is 327 g/mol. The summed E-state index contributed by atoms with van der Waals surface area (Å²) in [6.45, 7) is 1.83. The van der Waals surface area contributed by atoms with Crippen molar-refractivity contribution in [3.8, 4) is 5.75 Å². The van der Waals surface area contributed by atoms with E-state index in [1.54, 1.807) is 24.3 Å². The van der Waals surface area contributed by atoms with Gasteiger partial charge in [-0.3, -0.25) is 4.79 Å². The number of aromatic amines is 1. The van der Waals surface area contributed by atoms with E-state index in [4.69, 9.17) is 4.74 Å². The first kappa shape index (κ1) is 15.9. The third-order valence-electron chi connectivity index (χ3n) is 3.41. The Morgan fingerprint density at radius 2 is 2.25 bits per heavy atom. The molecule has 2 aromatic heterocycles. The van der Waals surface area contributed by atoms with E-state index < -0.39 is 6.10 Å². The molecule has 1 unspecified atom stereocenters. The third kappa shape index (κ3) is 3.66. The molecule has 1 atom stereocenters. The highest BCUT2D eigenvalue weighted by Gasteiger charge is 2.10. The van der Waals surface area contributed by atoms with Gasteiger partial charge in [0.15, 0.2) is 17.2 Å². The van der Waals surface area contributed by atoms with Gasteiger partial charge in [0.05, 0.1) is 6.33 Å². The molecule has 8 nitrogen and oxygen atoms in total. The fraction of sp³-hybridized carbons (Fsp3) is 0.250. The van der Waals surface area contributed by atoms with Crippen molar-refractivity contribution in [1.82, 2.24) is 19.9 Å². The molecule has 3 N–H and O–H groups in total. The lowest BCUT2D eigenvalue weighted by Crippen LogP contribution is -2.26. The van der Waals surface area contributed by atoms with Gasteiger partial charge in [-0.15, -0.1) is 0 Å². The van der Waals surface area contributed by atoms with Crippen molar-refractivity contribution in [2.24, 2.45) is 0 Å². The molecule has 0 aliphatic heterocycles. The highest BCUT2D eigenvalue weighted by Crippen LogP contribution is 2.15. The van der Waals surface area contributed by atoms with Crippen molar-refractivity contribution in [2.75, 3.05) is 18.5 Å². The number of aromatic nitrogens is 4. The fourth-order valence-electron chi connectivity index (χ4n) is 2.17. The zero-order valence-electron chi connectivity index (χ0n) is 13.1. The van der Waals surface area contributed by atoms with E-state index in [0.29, 0.717) is 28.3 Å². The number of nitrogens with zero attached hydrogens (tertiary/aromatic N) is 3. The molecule has 3 rings (SSSR count). The highest BCUT2D eigenvalue weighted by atomic mass is 16.5. The molecule has 0 spiro atoms. The number of hydrogen-bond acceptors (Lipinski definition) is 7. The van der Waals surface area contributed by atoms with Gasteiger partial charge in [0.25, 0.3) is 0 Å². The average Bonchev–Trinajstić information content (AvgIpc) is 3.07. The molecular weight excluding hydrogens is 310 g/mol. The quantitative estimate of drug-likeness (QED) is 0.562. The molecular formula is C16H17N5O3. The van der Waals surface area contributed by atoms with E-state index in [1.807, 2.05) is 0 Å². The molecule has 0 radical (unpaired) electrons. The average molecular weight is 327 g/mol. The number of ketones is 1. The molecule has 3 aromatic rings. The Bertz CT molecular complexity index is 848. The lowest BCUT2D eigenvalue weighted by molar-refractivity contribution is 0.101. The molecule has 24 heavy (non-hydrogen) atoms. The van der Waals surface area contributed by atoms with E-state index in [0.717, 1.165) is 0 Å². The van der Waals surface area contributed by atoms with Gasteiger partial charge in [-0.05, 0) is 19.1 Å². The molecule has 124 valence electrons. The molecule has 1 aromatic carbocycles. The van der Waals surface area contributed by atoms with Crippen LogP contribution in [-0.2, 0) is 0 Å². The maximum absolute atomic E-state index is 11.3. The summed E-state index contributed by atoms with van der Waals surface area (Å²) in [6, 6.07) is 6.86. The molecule has 0 saturated carbocycles. The van der Waals surface area contributed by atoms with Gasteiger partial charge in [-0.2, -0.15) is 0 Å². The van der Waals surface area contributed by atoms with Crippen LogP contribution < -0.4 is 10.1 Å². The van der Waals surface area contributed by atoms with Crippen LogP contribution in [0.3, 0.4) is 0 Å². The molecule has 0 aliphatic rings. The minimum Gasteiger partial charge on any atom is -0.491 e. The second-order valence-corrected chi connectivity index (χ2v) is 5.25. The number of aliphatic hydroxyl groups excluding tert-OH is 1. The molecule has 0 saturated heterocycles. The predicted octanol–water partition coefficient (Wildman–Crippen LogP) is 1.41. The minimum absolute atomic E-state index is 0.0324. The van der Waals surface area contributed by atoms with E-state index in [2.05, 4.69) is 25.3 Å². The summed E-state index contributed by atoms with van der Waals surface area (Å²) >= 11 is 0. The van der Waals surface area contributed by atoms with E-state index >= 15 is 0 Å². The Morgan fingerprint density at radius 1 is 1.38 bits per heavy atom. The summed E-state index contributed by atoms with van der Waals surface area (Å²) in [6.07, 6.45) is 2.19. The van der Waals surface area contributed by atoms with E-state index in [9.17, 15) is 9.90 Å².